The lowest BCUT2D eigenvalue weighted by atomic mass is 10.0. The van der Waals surface area contributed by atoms with Crippen molar-refractivity contribution in [2.24, 2.45) is 0 Å². The Morgan fingerprint density at radius 3 is 2.84 bits per heavy atom. The summed E-state index contributed by atoms with van der Waals surface area (Å²) in [6.45, 7) is 3.38. The predicted octanol–water partition coefficient (Wildman–Crippen LogP) is 1.69. The van der Waals surface area contributed by atoms with E-state index in [0.29, 0.717) is 11.3 Å². The minimum Gasteiger partial charge on any atom is -0.497 e. The fourth-order valence-electron chi connectivity index (χ4n) is 2.42. The third-order valence-corrected chi connectivity index (χ3v) is 3.44. The van der Waals surface area contributed by atoms with Gasteiger partial charge in [-0.15, -0.1) is 0 Å². The Morgan fingerprint density at radius 1 is 1.47 bits per heavy atom. The van der Waals surface area contributed by atoms with E-state index in [-0.39, 0.29) is 18.3 Å². The topological polar surface area (TPSA) is 48.3 Å². The quantitative estimate of drug-likeness (QED) is 0.898. The lowest BCUT2D eigenvalue weighted by Crippen LogP contribution is -2.45. The number of benzene rings is 1. The van der Waals surface area contributed by atoms with Crippen LogP contribution in [0.15, 0.2) is 18.2 Å². The molecule has 0 bridgehead atoms. The van der Waals surface area contributed by atoms with Gasteiger partial charge in [0.25, 0.3) is 0 Å². The van der Waals surface area contributed by atoms with Crippen molar-refractivity contribution in [2.75, 3.05) is 33.3 Å². The molecule has 0 aliphatic carbocycles. The van der Waals surface area contributed by atoms with Crippen LogP contribution in [0.25, 0.3) is 0 Å². The molecule has 0 aromatic heterocycles. The first-order chi connectivity index (χ1) is 9.26. The van der Waals surface area contributed by atoms with Gasteiger partial charge in [-0.3, -0.25) is 4.90 Å². The summed E-state index contributed by atoms with van der Waals surface area (Å²) in [4.78, 5) is 2.15. The molecule has 2 rings (SSSR count). The summed E-state index contributed by atoms with van der Waals surface area (Å²) in [7, 11) is 1.56. The van der Waals surface area contributed by atoms with Crippen LogP contribution in [-0.4, -0.2) is 38.2 Å². The molecule has 102 valence electrons. The minimum atomic E-state index is -0.278. The highest BCUT2D eigenvalue weighted by atomic mass is 19.1. The number of ether oxygens (including phenoxy) is 1. The summed E-state index contributed by atoms with van der Waals surface area (Å²) in [6, 6.07) is 6.65. The lowest BCUT2D eigenvalue weighted by molar-refractivity contribution is 0.172. The number of nitrogens with one attached hydrogen (secondary N) is 1. The van der Waals surface area contributed by atoms with E-state index in [9.17, 15) is 4.39 Å². The van der Waals surface area contributed by atoms with Crippen LogP contribution in [0.4, 0.5) is 4.39 Å². The molecule has 1 aliphatic rings. The average Bonchev–Trinajstić information content (AvgIpc) is 2.47. The average molecular weight is 263 g/mol. The summed E-state index contributed by atoms with van der Waals surface area (Å²) in [6.07, 6.45) is 0.282. The maximum atomic E-state index is 14.0. The van der Waals surface area contributed by atoms with Crippen LogP contribution >= 0.6 is 0 Å². The molecular formula is C14H18FN3O. The molecule has 0 saturated carbocycles. The number of piperazine rings is 1. The van der Waals surface area contributed by atoms with Crippen molar-refractivity contribution in [3.05, 3.63) is 29.6 Å². The second-order valence-electron chi connectivity index (χ2n) is 4.55. The Labute approximate surface area is 112 Å². The van der Waals surface area contributed by atoms with E-state index in [1.165, 1.54) is 6.07 Å². The molecule has 1 fully saturated rings. The predicted molar refractivity (Wildman–Crippen MR) is 70.4 cm³/mol. The molecule has 1 heterocycles. The van der Waals surface area contributed by atoms with Crippen molar-refractivity contribution in [2.45, 2.75) is 12.5 Å². The fourth-order valence-corrected chi connectivity index (χ4v) is 2.42. The molecule has 1 saturated heterocycles. The highest BCUT2D eigenvalue weighted by Crippen LogP contribution is 2.29. The lowest BCUT2D eigenvalue weighted by Gasteiger charge is -2.34. The fraction of sp³-hybridized carbons (Fsp3) is 0.500. The van der Waals surface area contributed by atoms with E-state index in [4.69, 9.17) is 10.00 Å². The largest absolute Gasteiger partial charge is 0.497 e. The van der Waals surface area contributed by atoms with Crippen LogP contribution in [0, 0.1) is 17.1 Å². The number of hydrogen-bond donors (Lipinski definition) is 1. The third kappa shape index (κ3) is 3.22. The van der Waals surface area contributed by atoms with Gasteiger partial charge in [-0.2, -0.15) is 5.26 Å². The molecule has 4 nitrogen and oxygen atoms in total. The van der Waals surface area contributed by atoms with Gasteiger partial charge in [0.1, 0.15) is 11.6 Å². The number of nitrogens with zero attached hydrogens (tertiary/aromatic N) is 2. The molecular weight excluding hydrogens is 245 g/mol. The molecule has 19 heavy (non-hydrogen) atoms. The second-order valence-corrected chi connectivity index (χ2v) is 4.55. The van der Waals surface area contributed by atoms with Crippen LogP contribution in [0.1, 0.15) is 18.0 Å². The van der Waals surface area contributed by atoms with Gasteiger partial charge >= 0.3 is 0 Å². The summed E-state index contributed by atoms with van der Waals surface area (Å²) < 4.78 is 19.2. The molecule has 0 spiro atoms. The maximum Gasteiger partial charge on any atom is 0.128 e. The van der Waals surface area contributed by atoms with Gasteiger partial charge in [0.2, 0.25) is 0 Å². The zero-order valence-corrected chi connectivity index (χ0v) is 11.0. The monoisotopic (exact) mass is 263 g/mol. The van der Waals surface area contributed by atoms with Gasteiger partial charge in [-0.05, 0) is 18.2 Å². The minimum absolute atomic E-state index is 0.206. The summed E-state index contributed by atoms with van der Waals surface area (Å²) in [5.41, 5.74) is 0.544. The molecule has 1 aliphatic heterocycles. The van der Waals surface area contributed by atoms with E-state index in [1.54, 1.807) is 19.2 Å². The molecule has 1 aromatic carbocycles. The molecule has 1 atom stereocenters. The zero-order valence-electron chi connectivity index (χ0n) is 11.0. The van der Waals surface area contributed by atoms with E-state index in [0.717, 1.165) is 26.2 Å². The molecule has 1 aromatic rings. The Morgan fingerprint density at radius 2 is 2.21 bits per heavy atom. The van der Waals surface area contributed by atoms with Crippen molar-refractivity contribution >= 4 is 0 Å². The first-order valence-corrected chi connectivity index (χ1v) is 6.41. The van der Waals surface area contributed by atoms with Crippen LogP contribution in [0.5, 0.6) is 5.75 Å². The summed E-state index contributed by atoms with van der Waals surface area (Å²) >= 11 is 0. The smallest absolute Gasteiger partial charge is 0.128 e. The van der Waals surface area contributed by atoms with E-state index in [1.807, 2.05) is 0 Å². The van der Waals surface area contributed by atoms with Gasteiger partial charge < -0.3 is 10.1 Å². The molecule has 5 heteroatoms. The van der Waals surface area contributed by atoms with Crippen molar-refractivity contribution in [1.82, 2.24) is 10.2 Å². The number of rotatable bonds is 4. The maximum absolute atomic E-state index is 14.0. The van der Waals surface area contributed by atoms with E-state index in [2.05, 4.69) is 16.3 Å². The number of hydrogen-bond acceptors (Lipinski definition) is 4. The molecule has 0 unspecified atom stereocenters. The van der Waals surface area contributed by atoms with Crippen molar-refractivity contribution in [3.63, 3.8) is 0 Å². The molecule has 1 N–H and O–H groups in total. The number of nitriles is 1. The van der Waals surface area contributed by atoms with Crippen molar-refractivity contribution in [1.29, 1.82) is 5.26 Å². The standard InChI is InChI=1S/C14H18FN3O/c1-19-11-2-3-13(15)12(10-11)14(4-5-16)18-8-6-17-7-9-18/h2-3,10,14,17H,4,6-9H2,1H3/t14-/m1/s1. The van der Waals surface area contributed by atoms with Gasteiger partial charge in [-0.25, -0.2) is 4.39 Å². The SMILES string of the molecule is COc1ccc(F)c([C@@H](CC#N)N2CCNCC2)c1. The van der Waals surface area contributed by atoms with Crippen LogP contribution in [0.2, 0.25) is 0 Å². The first-order valence-electron chi connectivity index (χ1n) is 6.41. The van der Waals surface area contributed by atoms with Gasteiger partial charge in [-0.1, -0.05) is 0 Å². The summed E-state index contributed by atoms with van der Waals surface area (Å²) in [5.74, 6) is 0.342. The van der Waals surface area contributed by atoms with Crippen LogP contribution < -0.4 is 10.1 Å². The van der Waals surface area contributed by atoms with Crippen molar-refractivity contribution in [3.8, 4) is 11.8 Å². The normalized spacial score (nSPS) is 17.7. The Kier molecular flexibility index (Phi) is 4.72. The Balaban J connectivity index is 2.29. The number of halogens is 1. The second kappa shape index (κ2) is 6.50. The Hall–Kier alpha value is -1.64. The highest BCUT2D eigenvalue weighted by Gasteiger charge is 2.24. The van der Waals surface area contributed by atoms with Gasteiger partial charge in [0.05, 0.1) is 25.6 Å². The number of methoxy groups -OCH3 is 1. The molecule has 0 radical (unpaired) electrons. The highest BCUT2D eigenvalue weighted by molar-refractivity contribution is 5.32. The van der Waals surface area contributed by atoms with Gasteiger partial charge in [0, 0.05) is 31.7 Å². The Bertz CT molecular complexity index is 466. The van der Waals surface area contributed by atoms with Gasteiger partial charge in [0.15, 0.2) is 0 Å². The zero-order chi connectivity index (χ0) is 13.7. The van der Waals surface area contributed by atoms with Crippen molar-refractivity contribution < 1.29 is 9.13 Å². The third-order valence-electron chi connectivity index (χ3n) is 3.44. The summed E-state index contributed by atoms with van der Waals surface area (Å²) in [5, 5.41) is 12.3. The first kappa shape index (κ1) is 13.8. The van der Waals surface area contributed by atoms with E-state index < -0.39 is 0 Å². The molecule has 0 amide bonds. The van der Waals surface area contributed by atoms with Crippen LogP contribution in [0.3, 0.4) is 0 Å². The van der Waals surface area contributed by atoms with Crippen LogP contribution in [-0.2, 0) is 0 Å². The van der Waals surface area contributed by atoms with E-state index >= 15 is 0 Å².